The molecule has 0 saturated carbocycles. The van der Waals surface area contributed by atoms with Gasteiger partial charge in [-0.2, -0.15) is 58.8 Å². The fourth-order valence-corrected chi connectivity index (χ4v) is 10.8. The van der Waals surface area contributed by atoms with Gasteiger partial charge < -0.3 is 72.7 Å². The van der Waals surface area contributed by atoms with Crippen LogP contribution in [0.15, 0.2) is 0 Å². The van der Waals surface area contributed by atoms with Gasteiger partial charge in [0, 0.05) is 114 Å². The third-order valence-corrected chi connectivity index (χ3v) is 16.8. The standard InChI is InChI=1S/C58H103N5O20S5/c1-44(39-84-6)54(69)79-34-29-74-49(64)11-20-61(21-12-50(65)75-30-35-80-55(70)45(2)40-85-7)25-16-59-18-27-63(24-15-53(68)78-33-38-83-58(73)48(5)43-88-10)28-19-60-17-26-62(22-13-51(66)76-31-36-81-56(71)46(3)41-86-8)23-14-52(67)77-32-37-82-57(72)47(4)42-87-9/h44-48,59-60H,11-43H2,1-10H3. The van der Waals surface area contributed by atoms with Gasteiger partial charge in [-0.3, -0.25) is 47.9 Å². The molecule has 0 saturated heterocycles. The maximum Gasteiger partial charge on any atom is 0.309 e. The van der Waals surface area contributed by atoms with E-state index in [1.807, 2.05) is 41.1 Å². The number of nitrogens with one attached hydrogen (secondary N) is 2. The molecule has 0 amide bonds. The maximum absolute atomic E-state index is 12.9. The first-order valence-electron chi connectivity index (χ1n) is 29.9. The number of nitrogens with zero attached hydrogens (tertiary/aromatic N) is 3. The van der Waals surface area contributed by atoms with E-state index in [-0.39, 0.29) is 184 Å². The summed E-state index contributed by atoms with van der Waals surface area (Å²) in [5.74, 6) is -2.74. The van der Waals surface area contributed by atoms with Crippen LogP contribution in [0.4, 0.5) is 0 Å². The number of carbonyl (C=O) groups is 10. The molecule has 0 aromatic carbocycles. The highest BCUT2D eigenvalue weighted by Gasteiger charge is 2.21. The molecule has 0 bridgehead atoms. The second-order valence-electron chi connectivity index (χ2n) is 20.5. The molecule has 0 aromatic rings. The molecule has 25 nitrogen and oxygen atoms in total. The zero-order valence-corrected chi connectivity index (χ0v) is 57.9. The van der Waals surface area contributed by atoms with Crippen molar-refractivity contribution in [3.63, 3.8) is 0 Å². The number of rotatable bonds is 57. The van der Waals surface area contributed by atoms with Crippen LogP contribution in [0.5, 0.6) is 0 Å². The lowest BCUT2D eigenvalue weighted by atomic mass is 10.2. The third kappa shape index (κ3) is 47.2. The summed E-state index contributed by atoms with van der Waals surface area (Å²) in [5, 5.41) is 6.83. The van der Waals surface area contributed by atoms with Crippen molar-refractivity contribution in [3.8, 4) is 0 Å². The SMILES string of the molecule is CSCC(C)C(=O)OCCOC(=O)CCN(CCNCCN(CCC(=O)OCCOC(=O)C(C)CSC)CCC(=O)OCCOC(=O)C(C)CSC)CCNCCN(CCC(=O)OCCOC(=O)C(C)CSC)CCC(=O)OCCOC(=O)C(C)CSC. The zero-order valence-electron chi connectivity index (χ0n) is 53.8. The van der Waals surface area contributed by atoms with E-state index in [1.54, 1.807) is 34.6 Å². The second-order valence-corrected chi connectivity index (χ2v) is 25.1. The largest absolute Gasteiger partial charge is 0.462 e. The Hall–Kier alpha value is -3.75. The monoisotopic (exact) mass is 1350 g/mol. The zero-order chi connectivity index (χ0) is 65.7. The van der Waals surface area contributed by atoms with Crippen LogP contribution in [-0.4, -0.2) is 286 Å². The van der Waals surface area contributed by atoms with Gasteiger partial charge in [-0.05, 0) is 31.3 Å². The van der Waals surface area contributed by atoms with Gasteiger partial charge in [-0.15, -0.1) is 0 Å². The number of esters is 10. The van der Waals surface area contributed by atoms with Crippen molar-refractivity contribution in [1.82, 2.24) is 25.3 Å². The van der Waals surface area contributed by atoms with Crippen molar-refractivity contribution >= 4 is 119 Å². The average Bonchev–Trinajstić information content (AvgIpc) is 3.61. The molecule has 0 aliphatic heterocycles. The van der Waals surface area contributed by atoms with E-state index in [1.165, 1.54) is 58.8 Å². The third-order valence-electron chi connectivity index (χ3n) is 12.6. The lowest BCUT2D eigenvalue weighted by Crippen LogP contribution is -2.41. The molecule has 0 fully saturated rings. The van der Waals surface area contributed by atoms with Crippen LogP contribution in [0.25, 0.3) is 0 Å². The summed E-state index contributed by atoms with van der Waals surface area (Å²) < 4.78 is 52.9. The van der Waals surface area contributed by atoms with Crippen molar-refractivity contribution in [2.45, 2.75) is 66.7 Å². The molecule has 30 heteroatoms. The number of thioether (sulfide) groups is 5. The van der Waals surface area contributed by atoms with Crippen molar-refractivity contribution in [2.75, 3.05) is 211 Å². The molecule has 5 unspecified atom stereocenters. The lowest BCUT2D eigenvalue weighted by Gasteiger charge is -2.25. The first-order valence-corrected chi connectivity index (χ1v) is 36.8. The van der Waals surface area contributed by atoms with E-state index in [0.29, 0.717) is 87.7 Å². The number of ether oxygens (including phenoxy) is 10. The summed E-state index contributed by atoms with van der Waals surface area (Å²) in [6, 6.07) is 0. The highest BCUT2D eigenvalue weighted by atomic mass is 32.2. The highest BCUT2D eigenvalue weighted by Crippen LogP contribution is 2.11. The minimum atomic E-state index is -0.502. The van der Waals surface area contributed by atoms with E-state index < -0.39 is 29.8 Å². The molecule has 0 aliphatic rings. The topological polar surface area (TPSA) is 297 Å². The van der Waals surface area contributed by atoms with Crippen LogP contribution in [0.1, 0.15) is 66.7 Å². The van der Waals surface area contributed by atoms with E-state index in [2.05, 4.69) is 15.5 Å². The average molecular weight is 1350 g/mol. The summed E-state index contributed by atoms with van der Waals surface area (Å²) >= 11 is 7.64. The van der Waals surface area contributed by atoms with Crippen LogP contribution >= 0.6 is 58.8 Å². The van der Waals surface area contributed by atoms with Crippen LogP contribution < -0.4 is 10.6 Å². The Balaban J connectivity index is 5.85. The van der Waals surface area contributed by atoms with Crippen LogP contribution in [0.3, 0.4) is 0 Å². The van der Waals surface area contributed by atoms with Crippen molar-refractivity contribution in [3.05, 3.63) is 0 Å². The number of hydrogen-bond donors (Lipinski definition) is 2. The summed E-state index contributed by atoms with van der Waals surface area (Å²) in [6.45, 7) is 13.1. The molecule has 0 rings (SSSR count). The first-order chi connectivity index (χ1) is 42.2. The quantitative estimate of drug-likeness (QED) is 0.0501. The summed E-state index contributed by atoms with van der Waals surface area (Å²) in [5.41, 5.74) is 0. The Bertz CT molecular complexity index is 1770. The molecule has 0 heterocycles. The van der Waals surface area contributed by atoms with E-state index in [0.717, 1.165) is 0 Å². The molecule has 2 N–H and O–H groups in total. The van der Waals surface area contributed by atoms with Gasteiger partial charge in [-0.25, -0.2) is 0 Å². The van der Waals surface area contributed by atoms with E-state index >= 15 is 0 Å². The molecule has 0 aromatic heterocycles. The Morgan fingerprint density at radius 3 is 0.602 bits per heavy atom. The Kier molecular flexibility index (Phi) is 53.7. The summed E-state index contributed by atoms with van der Waals surface area (Å²) in [4.78, 5) is 131. The Labute approximate surface area is 543 Å². The van der Waals surface area contributed by atoms with Crippen molar-refractivity contribution in [2.24, 2.45) is 29.6 Å². The van der Waals surface area contributed by atoms with E-state index in [4.69, 9.17) is 47.4 Å². The molecule has 88 heavy (non-hydrogen) atoms. The maximum atomic E-state index is 12.9. The van der Waals surface area contributed by atoms with Crippen LogP contribution in [0.2, 0.25) is 0 Å². The van der Waals surface area contributed by atoms with Crippen LogP contribution in [-0.2, 0) is 95.3 Å². The predicted molar refractivity (Wildman–Crippen MR) is 345 cm³/mol. The molecule has 0 radical (unpaired) electrons. The molecular weight excluding hydrogens is 1250 g/mol. The minimum absolute atomic E-state index is 0.000278. The Morgan fingerprint density at radius 2 is 0.432 bits per heavy atom. The fourth-order valence-electron chi connectivity index (χ4n) is 7.60. The molecule has 0 spiro atoms. The summed E-state index contributed by atoms with van der Waals surface area (Å²) in [6.07, 6.45) is 9.52. The Morgan fingerprint density at radius 1 is 0.273 bits per heavy atom. The van der Waals surface area contributed by atoms with Crippen molar-refractivity contribution < 1.29 is 95.3 Å². The van der Waals surface area contributed by atoms with Gasteiger partial charge in [0.15, 0.2) is 0 Å². The molecule has 5 atom stereocenters. The van der Waals surface area contributed by atoms with Crippen molar-refractivity contribution in [1.29, 1.82) is 0 Å². The summed E-state index contributed by atoms with van der Waals surface area (Å²) in [7, 11) is 0. The molecule has 0 aliphatic carbocycles. The van der Waals surface area contributed by atoms with Gasteiger partial charge in [0.1, 0.15) is 66.1 Å². The minimum Gasteiger partial charge on any atom is -0.462 e. The highest BCUT2D eigenvalue weighted by molar-refractivity contribution is 7.99. The van der Waals surface area contributed by atoms with Gasteiger partial charge in [0.2, 0.25) is 0 Å². The smallest absolute Gasteiger partial charge is 0.309 e. The normalized spacial score (nSPS) is 13.0. The number of carbonyl (C=O) groups excluding carboxylic acids is 10. The molecule has 510 valence electrons. The van der Waals surface area contributed by atoms with E-state index in [9.17, 15) is 47.9 Å². The lowest BCUT2D eigenvalue weighted by molar-refractivity contribution is -0.154. The second kappa shape index (κ2) is 56.0. The van der Waals surface area contributed by atoms with Gasteiger partial charge in [-0.1, -0.05) is 34.6 Å². The molecular formula is C58H103N5O20S5. The van der Waals surface area contributed by atoms with Gasteiger partial charge >= 0.3 is 59.7 Å². The first kappa shape index (κ1) is 84.2. The van der Waals surface area contributed by atoms with Gasteiger partial charge in [0.25, 0.3) is 0 Å². The fraction of sp³-hybridized carbons (Fsp3) is 0.828. The number of hydrogen-bond acceptors (Lipinski definition) is 30. The van der Waals surface area contributed by atoms with Crippen LogP contribution in [0, 0.1) is 29.6 Å². The van der Waals surface area contributed by atoms with Gasteiger partial charge in [0.05, 0.1) is 61.7 Å². The predicted octanol–water partition coefficient (Wildman–Crippen LogP) is 3.45.